The van der Waals surface area contributed by atoms with E-state index < -0.39 is 5.54 Å². The van der Waals surface area contributed by atoms with E-state index in [4.69, 9.17) is 28.9 Å². The predicted octanol–water partition coefficient (Wildman–Crippen LogP) is 3.06. The van der Waals surface area contributed by atoms with Gasteiger partial charge < -0.3 is 11.1 Å². The van der Waals surface area contributed by atoms with Crippen molar-refractivity contribution in [3.63, 3.8) is 0 Å². The third kappa shape index (κ3) is 4.84. The van der Waals surface area contributed by atoms with Gasteiger partial charge in [0, 0.05) is 27.7 Å². The average molecular weight is 261 g/mol. The Morgan fingerprint density at radius 2 is 1.81 bits per heavy atom. The molecule has 0 saturated carbocycles. The van der Waals surface area contributed by atoms with E-state index in [2.05, 4.69) is 5.32 Å². The second-order valence-corrected chi connectivity index (χ2v) is 5.24. The minimum atomic E-state index is -0.535. The molecule has 88 valence electrons. The number of rotatable bonds is 3. The molecule has 3 nitrogen and oxygen atoms in total. The van der Waals surface area contributed by atoms with Gasteiger partial charge in [0.1, 0.15) is 0 Å². The summed E-state index contributed by atoms with van der Waals surface area (Å²) in [5, 5.41) is 3.65. The molecule has 0 aromatic heterocycles. The zero-order valence-corrected chi connectivity index (χ0v) is 10.7. The van der Waals surface area contributed by atoms with Crippen LogP contribution in [0.2, 0.25) is 10.0 Å². The summed E-state index contributed by atoms with van der Waals surface area (Å²) >= 11 is 11.6. The Morgan fingerprint density at radius 1 is 1.31 bits per heavy atom. The van der Waals surface area contributed by atoms with Gasteiger partial charge in [0.05, 0.1) is 0 Å². The second kappa shape index (κ2) is 5.04. The summed E-state index contributed by atoms with van der Waals surface area (Å²) < 4.78 is 0. The molecule has 0 aliphatic rings. The van der Waals surface area contributed by atoms with E-state index in [-0.39, 0.29) is 12.3 Å². The lowest BCUT2D eigenvalue weighted by Gasteiger charge is -2.17. The van der Waals surface area contributed by atoms with Crippen molar-refractivity contribution in [1.82, 2.24) is 0 Å². The number of hydrogen-bond acceptors (Lipinski definition) is 2. The topological polar surface area (TPSA) is 55.1 Å². The Kier molecular flexibility index (Phi) is 4.19. The highest BCUT2D eigenvalue weighted by molar-refractivity contribution is 6.35. The van der Waals surface area contributed by atoms with Gasteiger partial charge in [-0.25, -0.2) is 0 Å². The third-order valence-corrected chi connectivity index (χ3v) is 2.20. The number of carbonyl (C=O) groups excluding carboxylic acids is 1. The first-order valence-electron chi connectivity index (χ1n) is 4.81. The Morgan fingerprint density at radius 3 is 2.25 bits per heavy atom. The number of amides is 1. The molecule has 16 heavy (non-hydrogen) atoms. The first kappa shape index (κ1) is 13.3. The number of halogens is 2. The molecule has 0 fully saturated rings. The lowest BCUT2D eigenvalue weighted by molar-refractivity contribution is -0.117. The highest BCUT2D eigenvalue weighted by atomic mass is 35.5. The van der Waals surface area contributed by atoms with Crippen LogP contribution in [-0.2, 0) is 4.79 Å². The molecule has 0 aliphatic heterocycles. The molecule has 0 atom stereocenters. The Hall–Kier alpha value is -0.770. The summed E-state index contributed by atoms with van der Waals surface area (Å²) in [7, 11) is 0. The molecule has 0 saturated heterocycles. The minimum absolute atomic E-state index is 0.161. The largest absolute Gasteiger partial charge is 0.326 e. The molecule has 0 bridgehead atoms. The molecule has 1 rings (SSSR count). The van der Waals surface area contributed by atoms with Crippen LogP contribution < -0.4 is 11.1 Å². The fourth-order valence-corrected chi connectivity index (χ4v) is 1.77. The maximum Gasteiger partial charge on any atom is 0.226 e. The molecule has 0 aliphatic carbocycles. The third-order valence-electron chi connectivity index (χ3n) is 1.76. The van der Waals surface area contributed by atoms with E-state index in [1.165, 1.54) is 0 Å². The first-order chi connectivity index (χ1) is 7.26. The molecule has 0 heterocycles. The number of carbonyl (C=O) groups is 1. The van der Waals surface area contributed by atoms with Crippen LogP contribution in [0.25, 0.3) is 0 Å². The summed E-state index contributed by atoms with van der Waals surface area (Å²) in [6, 6.07) is 4.87. The summed E-state index contributed by atoms with van der Waals surface area (Å²) in [6.45, 7) is 3.58. The van der Waals surface area contributed by atoms with Crippen LogP contribution in [0.1, 0.15) is 20.3 Å². The quantitative estimate of drug-likeness (QED) is 0.878. The van der Waals surface area contributed by atoms with Crippen molar-refractivity contribution >= 4 is 34.8 Å². The van der Waals surface area contributed by atoms with Crippen LogP contribution in [0.15, 0.2) is 18.2 Å². The monoisotopic (exact) mass is 260 g/mol. The zero-order valence-electron chi connectivity index (χ0n) is 9.18. The number of anilines is 1. The van der Waals surface area contributed by atoms with Crippen molar-refractivity contribution in [2.75, 3.05) is 5.32 Å². The number of nitrogens with one attached hydrogen (secondary N) is 1. The highest BCUT2D eigenvalue weighted by Gasteiger charge is 2.16. The standard InChI is InChI=1S/C11H14Cl2N2O/c1-11(2,14)6-10(16)15-9-4-7(12)3-8(13)5-9/h3-5H,6,14H2,1-2H3,(H,15,16). The van der Waals surface area contributed by atoms with Gasteiger partial charge in [-0.05, 0) is 32.0 Å². The number of benzene rings is 1. The second-order valence-electron chi connectivity index (χ2n) is 4.37. The summed E-state index contributed by atoms with van der Waals surface area (Å²) in [5.41, 5.74) is 5.78. The molecule has 1 amide bonds. The molecule has 3 N–H and O–H groups in total. The minimum Gasteiger partial charge on any atom is -0.326 e. The van der Waals surface area contributed by atoms with Crippen molar-refractivity contribution in [3.05, 3.63) is 28.2 Å². The van der Waals surface area contributed by atoms with Crippen molar-refractivity contribution < 1.29 is 4.79 Å². The molecular weight excluding hydrogens is 247 g/mol. The molecule has 0 radical (unpaired) electrons. The Balaban J connectivity index is 2.70. The van der Waals surface area contributed by atoms with Crippen molar-refractivity contribution in [2.24, 2.45) is 5.73 Å². The zero-order chi connectivity index (χ0) is 12.3. The highest BCUT2D eigenvalue weighted by Crippen LogP contribution is 2.22. The van der Waals surface area contributed by atoms with Crippen molar-refractivity contribution in [1.29, 1.82) is 0 Å². The number of hydrogen-bond donors (Lipinski definition) is 2. The number of nitrogens with two attached hydrogens (primary N) is 1. The molecule has 0 unspecified atom stereocenters. The van der Waals surface area contributed by atoms with Crippen LogP contribution >= 0.6 is 23.2 Å². The van der Waals surface area contributed by atoms with Gasteiger partial charge in [-0.15, -0.1) is 0 Å². The smallest absolute Gasteiger partial charge is 0.226 e. The van der Waals surface area contributed by atoms with Crippen LogP contribution in [0.4, 0.5) is 5.69 Å². The molecule has 5 heteroatoms. The first-order valence-corrected chi connectivity index (χ1v) is 5.57. The summed E-state index contributed by atoms with van der Waals surface area (Å²) in [5.74, 6) is -0.161. The summed E-state index contributed by atoms with van der Waals surface area (Å²) in [6.07, 6.45) is 0.233. The van der Waals surface area contributed by atoms with Crippen molar-refractivity contribution in [2.45, 2.75) is 25.8 Å². The van der Waals surface area contributed by atoms with Gasteiger partial charge in [-0.1, -0.05) is 23.2 Å². The summed E-state index contributed by atoms with van der Waals surface area (Å²) in [4.78, 5) is 11.6. The fourth-order valence-electron chi connectivity index (χ4n) is 1.24. The van der Waals surface area contributed by atoms with E-state index in [1.807, 2.05) is 0 Å². The van der Waals surface area contributed by atoms with Gasteiger partial charge >= 0.3 is 0 Å². The van der Waals surface area contributed by atoms with Gasteiger partial charge in [-0.2, -0.15) is 0 Å². The van der Waals surface area contributed by atoms with Crippen LogP contribution in [0, 0.1) is 0 Å². The Labute approximate surface area is 105 Å². The van der Waals surface area contributed by atoms with E-state index in [1.54, 1.807) is 32.0 Å². The van der Waals surface area contributed by atoms with Gasteiger partial charge in [0.2, 0.25) is 5.91 Å². The van der Waals surface area contributed by atoms with Crippen LogP contribution in [0.5, 0.6) is 0 Å². The predicted molar refractivity (Wildman–Crippen MR) is 68.0 cm³/mol. The van der Waals surface area contributed by atoms with Crippen LogP contribution in [-0.4, -0.2) is 11.4 Å². The van der Waals surface area contributed by atoms with Gasteiger partial charge in [-0.3, -0.25) is 4.79 Å². The molecular formula is C11H14Cl2N2O. The van der Waals surface area contributed by atoms with Crippen LogP contribution in [0.3, 0.4) is 0 Å². The Bertz CT molecular complexity index is 379. The molecule has 1 aromatic rings. The molecule has 1 aromatic carbocycles. The maximum atomic E-state index is 11.6. The average Bonchev–Trinajstić information content (AvgIpc) is 1.96. The van der Waals surface area contributed by atoms with E-state index >= 15 is 0 Å². The lowest BCUT2D eigenvalue weighted by atomic mass is 10.0. The lowest BCUT2D eigenvalue weighted by Crippen LogP contribution is -2.36. The van der Waals surface area contributed by atoms with Crippen molar-refractivity contribution in [3.8, 4) is 0 Å². The van der Waals surface area contributed by atoms with E-state index in [0.717, 1.165) is 0 Å². The van der Waals surface area contributed by atoms with Gasteiger partial charge in [0.15, 0.2) is 0 Å². The van der Waals surface area contributed by atoms with Gasteiger partial charge in [0.25, 0.3) is 0 Å². The fraction of sp³-hybridized carbons (Fsp3) is 0.364. The van der Waals surface area contributed by atoms with E-state index in [9.17, 15) is 4.79 Å². The SMILES string of the molecule is CC(C)(N)CC(=O)Nc1cc(Cl)cc(Cl)c1. The van der Waals surface area contributed by atoms with E-state index in [0.29, 0.717) is 15.7 Å². The molecule has 0 spiro atoms. The maximum absolute atomic E-state index is 11.6. The normalized spacial score (nSPS) is 11.3.